The number of nitrogens with zero attached hydrogens (tertiary/aromatic N) is 4. The fourth-order valence-electron chi connectivity index (χ4n) is 8.85. The Morgan fingerprint density at radius 1 is 0.746 bits per heavy atom. The van der Waals surface area contributed by atoms with E-state index < -0.39 is 16.8 Å². The van der Waals surface area contributed by atoms with Crippen molar-refractivity contribution in [3.8, 4) is 23.0 Å². The molecule has 0 aromatic heterocycles. The molecule has 4 aliphatic rings. The van der Waals surface area contributed by atoms with Crippen LogP contribution in [0.25, 0.3) is 0 Å². The monoisotopic (exact) mass is 942 g/mol. The van der Waals surface area contributed by atoms with E-state index in [2.05, 4.69) is 0 Å². The third-order valence-electron chi connectivity index (χ3n) is 12.1. The Morgan fingerprint density at radius 3 is 2.06 bits per heavy atom. The van der Waals surface area contributed by atoms with Crippen LogP contribution in [0.4, 0.5) is 27.5 Å². The summed E-state index contributed by atoms with van der Waals surface area (Å²) in [5, 5.41) is 8.99. The Bertz CT molecular complexity index is 2780. The van der Waals surface area contributed by atoms with Crippen molar-refractivity contribution < 1.29 is 48.0 Å². The van der Waals surface area contributed by atoms with Gasteiger partial charge in [0.1, 0.15) is 19.8 Å². The number of carboxylic acids is 1. The van der Waals surface area contributed by atoms with Crippen molar-refractivity contribution in [2.24, 2.45) is 4.99 Å². The number of carboxylic acid groups (broad SMARTS) is 1. The molecule has 0 unspecified atom stereocenters. The molecule has 0 fully saturated rings. The molecule has 5 aromatic rings. The van der Waals surface area contributed by atoms with Gasteiger partial charge in [-0.3, -0.25) is 29.2 Å². The van der Waals surface area contributed by atoms with E-state index in [9.17, 15) is 19.2 Å². The smallest absolute Gasteiger partial charge is 0.414 e. The summed E-state index contributed by atoms with van der Waals surface area (Å²) in [6, 6.07) is 29.6. The number of carbonyl (C=O) groups excluding carboxylic acids is 3. The fourth-order valence-corrected chi connectivity index (χ4v) is 11.3. The van der Waals surface area contributed by atoms with Gasteiger partial charge in [-0.2, -0.15) is 0 Å². The summed E-state index contributed by atoms with van der Waals surface area (Å²) in [6.07, 6.45) is 3.12. The molecule has 0 saturated heterocycles. The predicted molar refractivity (Wildman–Crippen MR) is 260 cm³/mol. The van der Waals surface area contributed by atoms with Gasteiger partial charge >= 0.3 is 12.1 Å². The third kappa shape index (κ3) is 9.50. The van der Waals surface area contributed by atoms with Gasteiger partial charge < -0.3 is 33.7 Å². The SMILES string of the molecule is COc1cc2c(cc1OCc1cccc(COc3cc4c(cc3OC)C(=O)N3c5ccccc5C[C@H]3CN4C(=O)OCC(C)(C)SSCCCC(=O)O)c1)N=C[C@@H]1Cc3ccccc3N1C2=O. The van der Waals surface area contributed by atoms with Crippen molar-refractivity contribution in [2.75, 3.05) is 47.8 Å². The lowest BCUT2D eigenvalue weighted by Gasteiger charge is -2.28. The summed E-state index contributed by atoms with van der Waals surface area (Å²) in [5.41, 5.74) is 7.05. The maximum absolute atomic E-state index is 14.5. The molecule has 67 heavy (non-hydrogen) atoms. The van der Waals surface area contributed by atoms with Crippen LogP contribution in [0.15, 0.2) is 102 Å². The quantitative estimate of drug-likeness (QED) is 0.0739. The van der Waals surface area contributed by atoms with E-state index in [-0.39, 0.29) is 62.2 Å². The minimum Gasteiger partial charge on any atom is -0.493 e. The van der Waals surface area contributed by atoms with Crippen LogP contribution in [0.2, 0.25) is 0 Å². The number of amides is 3. The van der Waals surface area contributed by atoms with Crippen molar-refractivity contribution in [1.82, 2.24) is 0 Å². The normalized spacial score (nSPS) is 16.7. The zero-order valence-electron chi connectivity index (χ0n) is 37.6. The van der Waals surface area contributed by atoms with Crippen molar-refractivity contribution in [3.05, 3.63) is 130 Å². The second kappa shape index (κ2) is 19.3. The highest BCUT2D eigenvalue weighted by Gasteiger charge is 2.43. The number of benzene rings is 5. The number of hydrogen-bond donors (Lipinski definition) is 1. The Morgan fingerprint density at radius 2 is 1.37 bits per heavy atom. The van der Waals surface area contributed by atoms with Crippen LogP contribution in [-0.4, -0.2) is 85.2 Å². The Hall–Kier alpha value is -6.65. The summed E-state index contributed by atoms with van der Waals surface area (Å²) < 4.78 is 29.8. The minimum absolute atomic E-state index is 0.0812. The first-order valence-electron chi connectivity index (χ1n) is 22.0. The lowest BCUT2D eigenvalue weighted by atomic mass is 10.1. The van der Waals surface area contributed by atoms with E-state index in [4.69, 9.17) is 33.8 Å². The van der Waals surface area contributed by atoms with E-state index in [0.29, 0.717) is 65.0 Å². The van der Waals surface area contributed by atoms with Gasteiger partial charge in [0.15, 0.2) is 23.0 Å². The van der Waals surface area contributed by atoms with E-state index in [1.54, 1.807) is 52.0 Å². The lowest BCUT2D eigenvalue weighted by Crippen LogP contribution is -2.44. The topological polar surface area (TPSA) is 157 Å². The van der Waals surface area contributed by atoms with Crippen molar-refractivity contribution >= 4 is 74.4 Å². The molecule has 346 valence electrons. The molecule has 1 N–H and O–H groups in total. The number of para-hydroxylation sites is 2. The van der Waals surface area contributed by atoms with Gasteiger partial charge in [-0.15, -0.1) is 0 Å². The minimum atomic E-state index is -0.829. The summed E-state index contributed by atoms with van der Waals surface area (Å²) in [5.74, 6) is 0.927. The van der Waals surface area contributed by atoms with Crippen LogP contribution in [0.5, 0.6) is 23.0 Å². The van der Waals surface area contributed by atoms with Crippen molar-refractivity contribution in [3.63, 3.8) is 0 Å². The van der Waals surface area contributed by atoms with Crippen LogP contribution in [-0.2, 0) is 35.6 Å². The molecule has 14 nitrogen and oxygen atoms in total. The molecule has 0 bridgehead atoms. The van der Waals surface area contributed by atoms with Crippen LogP contribution in [0, 0.1) is 0 Å². The lowest BCUT2D eigenvalue weighted by molar-refractivity contribution is -0.137. The second-order valence-electron chi connectivity index (χ2n) is 17.3. The largest absolute Gasteiger partial charge is 0.493 e. The van der Waals surface area contributed by atoms with Gasteiger partial charge in [0.2, 0.25) is 0 Å². The first-order chi connectivity index (χ1) is 32.4. The van der Waals surface area contributed by atoms with Crippen LogP contribution < -0.4 is 33.6 Å². The fraction of sp³-hybridized carbons (Fsp3) is 0.314. The Balaban J connectivity index is 0.920. The molecule has 9 rings (SSSR count). The third-order valence-corrected chi connectivity index (χ3v) is 15.4. The summed E-state index contributed by atoms with van der Waals surface area (Å²) in [7, 11) is 6.13. The molecule has 5 aromatic carbocycles. The van der Waals surface area contributed by atoms with Crippen molar-refractivity contribution in [1.29, 1.82) is 0 Å². The number of methoxy groups -OCH3 is 2. The first-order valence-corrected chi connectivity index (χ1v) is 24.3. The van der Waals surface area contributed by atoms with Gasteiger partial charge in [-0.05, 0) is 79.3 Å². The zero-order valence-corrected chi connectivity index (χ0v) is 39.2. The highest BCUT2D eigenvalue weighted by molar-refractivity contribution is 8.77. The summed E-state index contributed by atoms with van der Waals surface area (Å²) in [6.45, 7) is 4.51. The maximum atomic E-state index is 14.5. The number of anilines is 3. The van der Waals surface area contributed by atoms with Gasteiger partial charge in [0.05, 0.1) is 60.1 Å². The molecule has 0 spiro atoms. The van der Waals surface area contributed by atoms with Gasteiger partial charge in [0, 0.05) is 48.3 Å². The number of fused-ring (bicyclic) bond motifs is 8. The average Bonchev–Trinajstić information content (AvgIpc) is 3.82. The van der Waals surface area contributed by atoms with E-state index in [1.807, 2.05) is 92.9 Å². The van der Waals surface area contributed by atoms with Crippen molar-refractivity contribution in [2.45, 2.75) is 69.6 Å². The highest BCUT2D eigenvalue weighted by atomic mass is 33.1. The molecular weight excluding hydrogens is 893 g/mol. The number of aliphatic imine (C=N–C) groups is 1. The zero-order chi connectivity index (χ0) is 46.8. The Labute approximate surface area is 396 Å². The van der Waals surface area contributed by atoms with Gasteiger partial charge in [-0.25, -0.2) is 4.79 Å². The van der Waals surface area contributed by atoms with E-state index in [1.165, 1.54) is 22.8 Å². The molecule has 16 heteroatoms. The van der Waals surface area contributed by atoms with Crippen LogP contribution in [0.1, 0.15) is 69.7 Å². The summed E-state index contributed by atoms with van der Waals surface area (Å²) >= 11 is 0. The van der Waals surface area contributed by atoms with Gasteiger partial charge in [0.25, 0.3) is 11.8 Å². The molecule has 0 aliphatic carbocycles. The molecule has 0 saturated carbocycles. The number of aliphatic carboxylic acids is 1. The number of ether oxygens (including phenoxy) is 5. The average molecular weight is 943 g/mol. The highest BCUT2D eigenvalue weighted by Crippen LogP contribution is 2.45. The number of hydrogen-bond acceptors (Lipinski definition) is 12. The van der Waals surface area contributed by atoms with E-state index in [0.717, 1.165) is 33.6 Å². The first kappa shape index (κ1) is 45.5. The molecular formula is C51H50N4O10S2. The molecule has 4 aliphatic heterocycles. The second-order valence-corrected chi connectivity index (χ2v) is 20.4. The molecule has 3 amide bonds. The molecule has 0 radical (unpaired) electrons. The summed E-state index contributed by atoms with van der Waals surface area (Å²) in [4.78, 5) is 63.4. The molecule has 2 atom stereocenters. The van der Waals surface area contributed by atoms with Gasteiger partial charge in [-0.1, -0.05) is 76.2 Å². The van der Waals surface area contributed by atoms with Crippen LogP contribution >= 0.6 is 21.6 Å². The van der Waals surface area contributed by atoms with E-state index >= 15 is 0 Å². The predicted octanol–water partition coefficient (Wildman–Crippen LogP) is 9.70. The Kier molecular flexibility index (Phi) is 13.1. The number of carbonyl (C=O) groups is 4. The standard InChI is InChI=1S/C51H50N4O10S2/c1-51(2,67-66-18-10-17-47(56)57)30-65-50(60)53-27-36-21-34-14-6-8-16-41(34)55(36)49(59)38-23-44(62-4)46(25-42(38)53)64-29-32-12-9-11-31(19-32)28-63-45-24-39-37(22-43(45)61-3)48(58)54-35(26-52-39)20-33-13-5-7-15-40(33)54/h5-9,11-16,19,22-26,35-36H,10,17-18,20-21,27-30H2,1-4H3,(H,56,57)/t35-,36-/m0/s1. The number of rotatable bonds is 16. The molecule has 4 heterocycles. The maximum Gasteiger partial charge on any atom is 0.414 e. The van der Waals surface area contributed by atoms with Crippen LogP contribution in [0.3, 0.4) is 0 Å².